The minimum absolute atomic E-state index is 0.0438. The van der Waals surface area contributed by atoms with Crippen LogP contribution in [0.25, 0.3) is 0 Å². The third kappa shape index (κ3) is 4.81. The summed E-state index contributed by atoms with van der Waals surface area (Å²) in [4.78, 5) is 20.1. The standard InChI is InChI=1S/C21H38FN5O3/c1-12(2)21(28)27-5-3-13(4-6-27)19-25-20(30-26-19)14-7-17(22)16(9-23)18(8-14)24-15-10-29-11-15/h12-20,24-26H,3-11,23H2,1-2H3. The second kappa shape index (κ2) is 9.75. The molecule has 172 valence electrons. The van der Waals surface area contributed by atoms with Crippen LogP contribution in [-0.4, -0.2) is 74.3 Å². The van der Waals surface area contributed by atoms with Crippen molar-refractivity contribution in [2.45, 2.75) is 70.2 Å². The summed E-state index contributed by atoms with van der Waals surface area (Å²) in [5.74, 6) is 0.600. The summed E-state index contributed by atoms with van der Waals surface area (Å²) < 4.78 is 20.2. The molecule has 1 aliphatic carbocycles. The van der Waals surface area contributed by atoms with E-state index in [1.807, 2.05) is 18.7 Å². The summed E-state index contributed by atoms with van der Waals surface area (Å²) in [6.45, 7) is 7.21. The second-order valence-electron chi connectivity index (χ2n) is 9.77. The van der Waals surface area contributed by atoms with Crippen molar-refractivity contribution in [2.75, 3.05) is 32.8 Å². The Hall–Kier alpha value is -0.840. The number of hydrogen-bond donors (Lipinski definition) is 4. The van der Waals surface area contributed by atoms with Gasteiger partial charge in [-0.1, -0.05) is 13.8 Å². The van der Waals surface area contributed by atoms with E-state index in [2.05, 4.69) is 16.1 Å². The highest BCUT2D eigenvalue weighted by Crippen LogP contribution is 2.35. The van der Waals surface area contributed by atoms with Crippen molar-refractivity contribution >= 4 is 5.91 Å². The summed E-state index contributed by atoms with van der Waals surface area (Å²) in [5.41, 5.74) is 9.05. The molecule has 0 aromatic rings. The lowest BCUT2D eigenvalue weighted by Gasteiger charge is -2.43. The molecule has 6 unspecified atom stereocenters. The van der Waals surface area contributed by atoms with E-state index in [0.717, 1.165) is 32.4 Å². The first-order valence-electron chi connectivity index (χ1n) is 11.6. The largest absolute Gasteiger partial charge is 0.378 e. The van der Waals surface area contributed by atoms with E-state index in [-0.39, 0.29) is 42.1 Å². The molecule has 4 aliphatic rings. The van der Waals surface area contributed by atoms with Crippen LogP contribution in [0.15, 0.2) is 0 Å². The van der Waals surface area contributed by atoms with Gasteiger partial charge in [0.15, 0.2) is 0 Å². The Bertz CT molecular complexity index is 585. The van der Waals surface area contributed by atoms with Gasteiger partial charge in [0.25, 0.3) is 0 Å². The number of carbonyl (C=O) groups is 1. The minimum Gasteiger partial charge on any atom is -0.378 e. The van der Waals surface area contributed by atoms with Gasteiger partial charge in [-0.3, -0.25) is 14.9 Å². The predicted octanol–water partition coefficient (Wildman–Crippen LogP) is 0.338. The van der Waals surface area contributed by atoms with Crippen LogP contribution in [0.2, 0.25) is 0 Å². The van der Waals surface area contributed by atoms with Gasteiger partial charge in [0.2, 0.25) is 5.91 Å². The van der Waals surface area contributed by atoms with Crippen LogP contribution in [-0.2, 0) is 14.4 Å². The smallest absolute Gasteiger partial charge is 0.225 e. The highest BCUT2D eigenvalue weighted by atomic mass is 19.1. The Morgan fingerprint density at radius 2 is 1.97 bits per heavy atom. The Kier molecular flexibility index (Phi) is 7.27. The monoisotopic (exact) mass is 427 g/mol. The topological polar surface area (TPSA) is 101 Å². The van der Waals surface area contributed by atoms with Gasteiger partial charge < -0.3 is 20.7 Å². The molecule has 1 amide bonds. The van der Waals surface area contributed by atoms with E-state index in [0.29, 0.717) is 38.1 Å². The highest BCUT2D eigenvalue weighted by Gasteiger charge is 2.45. The zero-order valence-corrected chi connectivity index (χ0v) is 18.2. The molecule has 6 atom stereocenters. The molecule has 4 fully saturated rings. The molecule has 3 aliphatic heterocycles. The van der Waals surface area contributed by atoms with Crippen LogP contribution >= 0.6 is 0 Å². The molecule has 0 aromatic carbocycles. The number of nitrogens with zero attached hydrogens (tertiary/aromatic N) is 1. The van der Waals surface area contributed by atoms with Gasteiger partial charge in [0, 0.05) is 36.9 Å². The van der Waals surface area contributed by atoms with Crippen molar-refractivity contribution in [3.05, 3.63) is 0 Å². The highest BCUT2D eigenvalue weighted by molar-refractivity contribution is 5.78. The molecule has 9 heteroatoms. The molecular formula is C21H38FN5O3. The number of halogens is 1. The Morgan fingerprint density at radius 3 is 2.57 bits per heavy atom. The lowest BCUT2D eigenvalue weighted by molar-refractivity contribution is -0.136. The summed E-state index contributed by atoms with van der Waals surface area (Å²) in [6.07, 6.45) is 2.10. The zero-order chi connectivity index (χ0) is 21.3. The normalized spacial score (nSPS) is 38.8. The van der Waals surface area contributed by atoms with Gasteiger partial charge in [0.1, 0.15) is 12.4 Å². The number of amides is 1. The Morgan fingerprint density at radius 1 is 1.23 bits per heavy atom. The van der Waals surface area contributed by atoms with Crippen molar-refractivity contribution in [3.8, 4) is 0 Å². The first-order chi connectivity index (χ1) is 14.5. The SMILES string of the molecule is CC(C)C(=O)N1CCC(C2NOC(C3CC(F)C(CN)C(NC4COC4)C3)N2)CC1. The third-order valence-corrected chi connectivity index (χ3v) is 7.34. The van der Waals surface area contributed by atoms with E-state index >= 15 is 0 Å². The van der Waals surface area contributed by atoms with E-state index < -0.39 is 6.17 Å². The number of hydroxylamine groups is 1. The first-order valence-corrected chi connectivity index (χ1v) is 11.6. The van der Waals surface area contributed by atoms with Gasteiger partial charge in [-0.2, -0.15) is 5.48 Å². The summed E-state index contributed by atoms with van der Waals surface area (Å²) in [7, 11) is 0. The maximum atomic E-state index is 14.9. The zero-order valence-electron chi connectivity index (χ0n) is 18.2. The molecule has 5 N–H and O–H groups in total. The van der Waals surface area contributed by atoms with Crippen LogP contribution in [0.5, 0.6) is 0 Å². The molecular weight excluding hydrogens is 389 g/mol. The van der Waals surface area contributed by atoms with Crippen LogP contribution in [0, 0.1) is 23.7 Å². The van der Waals surface area contributed by atoms with Crippen molar-refractivity contribution < 1.29 is 18.8 Å². The number of nitrogens with two attached hydrogens (primary N) is 1. The van der Waals surface area contributed by atoms with Gasteiger partial charge in [-0.25, -0.2) is 4.39 Å². The number of likely N-dealkylation sites (tertiary alicyclic amines) is 1. The Labute approximate surface area is 178 Å². The van der Waals surface area contributed by atoms with E-state index in [1.54, 1.807) is 0 Å². The van der Waals surface area contributed by atoms with Gasteiger partial charge in [0.05, 0.1) is 25.4 Å². The number of rotatable bonds is 6. The molecule has 1 saturated carbocycles. The molecule has 4 rings (SSSR count). The minimum atomic E-state index is -0.929. The number of carbonyl (C=O) groups excluding carboxylic acids is 1. The fourth-order valence-electron chi connectivity index (χ4n) is 5.37. The van der Waals surface area contributed by atoms with Crippen LogP contribution in [0.1, 0.15) is 39.5 Å². The predicted molar refractivity (Wildman–Crippen MR) is 111 cm³/mol. The van der Waals surface area contributed by atoms with Crippen molar-refractivity contribution in [3.63, 3.8) is 0 Å². The number of hydrogen-bond acceptors (Lipinski definition) is 7. The summed E-state index contributed by atoms with van der Waals surface area (Å²) in [5, 5.41) is 7.12. The number of nitrogens with one attached hydrogen (secondary N) is 3. The second-order valence-corrected chi connectivity index (χ2v) is 9.77. The molecule has 30 heavy (non-hydrogen) atoms. The maximum absolute atomic E-state index is 14.9. The molecule has 0 radical (unpaired) electrons. The molecule has 0 aromatic heterocycles. The van der Waals surface area contributed by atoms with Gasteiger partial charge in [-0.15, -0.1) is 0 Å². The number of alkyl halides is 1. The first kappa shape index (κ1) is 22.4. The summed E-state index contributed by atoms with van der Waals surface area (Å²) >= 11 is 0. The van der Waals surface area contributed by atoms with Crippen molar-refractivity contribution in [1.29, 1.82) is 0 Å². The molecule has 8 nitrogen and oxygen atoms in total. The van der Waals surface area contributed by atoms with Crippen molar-refractivity contribution in [2.24, 2.45) is 29.4 Å². The molecule has 3 saturated heterocycles. The van der Waals surface area contributed by atoms with Gasteiger partial charge in [-0.05, 0) is 38.1 Å². The Balaban J connectivity index is 1.29. The molecule has 0 spiro atoms. The molecule has 0 bridgehead atoms. The lowest BCUT2D eigenvalue weighted by atomic mass is 9.75. The average molecular weight is 428 g/mol. The van der Waals surface area contributed by atoms with Crippen LogP contribution < -0.4 is 21.8 Å². The fraction of sp³-hybridized carbons (Fsp3) is 0.952. The van der Waals surface area contributed by atoms with Crippen LogP contribution in [0.3, 0.4) is 0 Å². The maximum Gasteiger partial charge on any atom is 0.225 e. The van der Waals surface area contributed by atoms with Gasteiger partial charge >= 0.3 is 0 Å². The van der Waals surface area contributed by atoms with Crippen LogP contribution in [0.4, 0.5) is 4.39 Å². The molecule has 3 heterocycles. The lowest BCUT2D eigenvalue weighted by Crippen LogP contribution is -2.58. The number of ether oxygens (including phenoxy) is 1. The van der Waals surface area contributed by atoms with Crippen molar-refractivity contribution in [1.82, 2.24) is 21.0 Å². The average Bonchev–Trinajstić information content (AvgIpc) is 3.20. The fourth-order valence-corrected chi connectivity index (χ4v) is 5.37. The summed E-state index contributed by atoms with van der Waals surface area (Å²) in [6, 6.07) is 0.351. The number of piperidine rings is 1. The quantitative estimate of drug-likeness (QED) is 0.485. The van der Waals surface area contributed by atoms with E-state index in [4.69, 9.17) is 15.3 Å². The third-order valence-electron chi connectivity index (χ3n) is 7.34. The van der Waals surface area contributed by atoms with E-state index in [1.165, 1.54) is 0 Å². The van der Waals surface area contributed by atoms with E-state index in [9.17, 15) is 9.18 Å².